The largest absolute Gasteiger partial charge is 0.383 e. The first-order valence-corrected chi connectivity index (χ1v) is 6.25. The summed E-state index contributed by atoms with van der Waals surface area (Å²) in [6.07, 6.45) is 0.993. The molecule has 0 unspecified atom stereocenters. The van der Waals surface area contributed by atoms with Gasteiger partial charge in [-0.05, 0) is 18.9 Å². The van der Waals surface area contributed by atoms with Gasteiger partial charge >= 0.3 is 0 Å². The highest BCUT2D eigenvalue weighted by atomic mass is 16.5. The number of hydrogen-bond acceptors (Lipinski definition) is 2. The molecule has 0 radical (unpaired) electrons. The summed E-state index contributed by atoms with van der Waals surface area (Å²) in [5, 5.41) is 6.46. The molecular weight excluding hydrogens is 226 g/mol. The maximum absolute atomic E-state index is 4.98. The lowest BCUT2D eigenvalue weighted by Gasteiger charge is -2.11. The number of nitrogens with one attached hydrogen (secondary N) is 2. The Hall–Kier alpha value is -1.55. The number of hydrogen-bond donors (Lipinski definition) is 2. The van der Waals surface area contributed by atoms with Gasteiger partial charge in [0.25, 0.3) is 0 Å². The second kappa shape index (κ2) is 8.53. The highest BCUT2D eigenvalue weighted by Gasteiger charge is 1.97. The molecule has 0 heterocycles. The first-order valence-electron chi connectivity index (χ1n) is 6.25. The van der Waals surface area contributed by atoms with Crippen LogP contribution >= 0.6 is 0 Å². The Balaban J connectivity index is 2.27. The average Bonchev–Trinajstić information content (AvgIpc) is 2.37. The van der Waals surface area contributed by atoms with E-state index in [1.807, 2.05) is 0 Å². The number of aryl methyl sites for hydroxylation is 1. The van der Waals surface area contributed by atoms with Crippen LogP contribution in [0.3, 0.4) is 0 Å². The van der Waals surface area contributed by atoms with Crippen molar-refractivity contribution in [3.63, 3.8) is 0 Å². The van der Waals surface area contributed by atoms with Crippen molar-refractivity contribution < 1.29 is 4.74 Å². The summed E-state index contributed by atoms with van der Waals surface area (Å²) in [6, 6.07) is 8.57. The predicted molar refractivity (Wildman–Crippen MR) is 76.1 cm³/mol. The molecule has 4 heteroatoms. The first-order chi connectivity index (χ1) is 8.76. The Morgan fingerprint density at radius 3 is 2.72 bits per heavy atom. The van der Waals surface area contributed by atoms with Crippen LogP contribution in [0.4, 0.5) is 0 Å². The number of ether oxygens (including phenoxy) is 1. The van der Waals surface area contributed by atoms with E-state index >= 15 is 0 Å². The summed E-state index contributed by atoms with van der Waals surface area (Å²) >= 11 is 0. The lowest BCUT2D eigenvalue weighted by atomic mass is 10.1. The van der Waals surface area contributed by atoms with Crippen molar-refractivity contribution in [2.24, 2.45) is 4.99 Å². The summed E-state index contributed by atoms with van der Waals surface area (Å²) in [5.41, 5.74) is 2.64. The molecule has 0 aliphatic carbocycles. The van der Waals surface area contributed by atoms with Crippen molar-refractivity contribution in [1.82, 2.24) is 10.6 Å². The molecule has 0 saturated carbocycles. The van der Waals surface area contributed by atoms with Crippen molar-refractivity contribution in [3.05, 3.63) is 35.4 Å². The number of aliphatic imine (C=N–C) groups is 1. The number of methoxy groups -OCH3 is 1. The fourth-order valence-electron chi connectivity index (χ4n) is 1.68. The van der Waals surface area contributed by atoms with Gasteiger partial charge in [0, 0.05) is 27.2 Å². The second-order valence-corrected chi connectivity index (χ2v) is 4.16. The first kappa shape index (κ1) is 14.5. The zero-order valence-corrected chi connectivity index (χ0v) is 11.5. The molecule has 0 saturated heterocycles. The van der Waals surface area contributed by atoms with E-state index < -0.39 is 0 Å². The van der Waals surface area contributed by atoms with Crippen LogP contribution in [0.25, 0.3) is 0 Å². The lowest BCUT2D eigenvalue weighted by molar-refractivity contribution is 0.203. The summed E-state index contributed by atoms with van der Waals surface area (Å²) < 4.78 is 4.98. The van der Waals surface area contributed by atoms with Crippen molar-refractivity contribution in [2.45, 2.75) is 13.3 Å². The Kier molecular flexibility index (Phi) is 6.87. The summed E-state index contributed by atoms with van der Waals surface area (Å²) in [4.78, 5) is 4.15. The van der Waals surface area contributed by atoms with Crippen LogP contribution in [0.15, 0.2) is 29.3 Å². The van der Waals surface area contributed by atoms with Gasteiger partial charge in [0.15, 0.2) is 5.96 Å². The van der Waals surface area contributed by atoms with Gasteiger partial charge in [0.1, 0.15) is 0 Å². The second-order valence-electron chi connectivity index (χ2n) is 4.16. The fourth-order valence-corrected chi connectivity index (χ4v) is 1.68. The highest BCUT2D eigenvalue weighted by Crippen LogP contribution is 2.03. The van der Waals surface area contributed by atoms with Crippen LogP contribution in [0.2, 0.25) is 0 Å². The maximum Gasteiger partial charge on any atom is 0.191 e. The van der Waals surface area contributed by atoms with Crippen LogP contribution in [0.1, 0.15) is 11.1 Å². The average molecular weight is 249 g/mol. The van der Waals surface area contributed by atoms with Gasteiger partial charge in [0.05, 0.1) is 6.61 Å². The number of rotatable bonds is 6. The number of benzene rings is 1. The molecule has 0 aliphatic heterocycles. The van der Waals surface area contributed by atoms with E-state index in [0.717, 1.165) is 25.5 Å². The summed E-state index contributed by atoms with van der Waals surface area (Å²) in [6.45, 7) is 4.43. The van der Waals surface area contributed by atoms with Gasteiger partial charge in [-0.2, -0.15) is 0 Å². The molecule has 0 aliphatic rings. The van der Waals surface area contributed by atoms with E-state index in [0.29, 0.717) is 6.61 Å². The predicted octanol–water partition coefficient (Wildman–Crippen LogP) is 1.35. The van der Waals surface area contributed by atoms with Gasteiger partial charge in [-0.15, -0.1) is 0 Å². The van der Waals surface area contributed by atoms with Crippen molar-refractivity contribution in [2.75, 3.05) is 33.9 Å². The van der Waals surface area contributed by atoms with Gasteiger partial charge < -0.3 is 15.4 Å². The van der Waals surface area contributed by atoms with Gasteiger partial charge in [-0.1, -0.05) is 29.8 Å². The van der Waals surface area contributed by atoms with E-state index in [2.05, 4.69) is 46.8 Å². The molecule has 2 N–H and O–H groups in total. The standard InChI is InChI=1S/C14H23N3O/c1-12-5-4-6-13(11-12)7-8-16-14(15-2)17-9-10-18-3/h4-6,11H,7-10H2,1-3H3,(H2,15,16,17). The molecule has 1 aromatic rings. The summed E-state index contributed by atoms with van der Waals surface area (Å²) in [5.74, 6) is 0.819. The molecular formula is C14H23N3O. The van der Waals surface area contributed by atoms with E-state index in [-0.39, 0.29) is 0 Å². The maximum atomic E-state index is 4.98. The molecule has 18 heavy (non-hydrogen) atoms. The van der Waals surface area contributed by atoms with E-state index in [1.165, 1.54) is 11.1 Å². The molecule has 100 valence electrons. The molecule has 0 aromatic heterocycles. The monoisotopic (exact) mass is 249 g/mol. The van der Waals surface area contributed by atoms with E-state index in [9.17, 15) is 0 Å². The molecule has 0 fully saturated rings. The molecule has 0 spiro atoms. The SMILES string of the molecule is CN=C(NCCOC)NCCc1cccc(C)c1. The third-order valence-corrected chi connectivity index (χ3v) is 2.61. The van der Waals surface area contributed by atoms with Crippen LogP contribution in [0.5, 0.6) is 0 Å². The smallest absolute Gasteiger partial charge is 0.191 e. The zero-order valence-electron chi connectivity index (χ0n) is 11.5. The van der Waals surface area contributed by atoms with Crippen LogP contribution < -0.4 is 10.6 Å². The Bertz CT molecular complexity index is 377. The molecule has 0 bridgehead atoms. The lowest BCUT2D eigenvalue weighted by Crippen LogP contribution is -2.39. The number of guanidine groups is 1. The minimum atomic E-state index is 0.679. The Morgan fingerprint density at radius 2 is 2.06 bits per heavy atom. The molecule has 1 rings (SSSR count). The highest BCUT2D eigenvalue weighted by molar-refractivity contribution is 5.79. The van der Waals surface area contributed by atoms with Crippen LogP contribution in [0, 0.1) is 6.92 Å². The normalized spacial score (nSPS) is 11.4. The Morgan fingerprint density at radius 1 is 1.28 bits per heavy atom. The van der Waals surface area contributed by atoms with Crippen molar-refractivity contribution >= 4 is 5.96 Å². The van der Waals surface area contributed by atoms with E-state index in [4.69, 9.17) is 4.74 Å². The minimum absolute atomic E-state index is 0.679. The molecule has 1 aromatic carbocycles. The molecule has 4 nitrogen and oxygen atoms in total. The van der Waals surface area contributed by atoms with Gasteiger partial charge in [-0.25, -0.2) is 0 Å². The number of nitrogens with zero attached hydrogens (tertiary/aromatic N) is 1. The molecule has 0 atom stereocenters. The zero-order chi connectivity index (χ0) is 13.2. The van der Waals surface area contributed by atoms with Crippen molar-refractivity contribution in [3.8, 4) is 0 Å². The minimum Gasteiger partial charge on any atom is -0.383 e. The summed E-state index contributed by atoms with van der Waals surface area (Å²) in [7, 11) is 3.46. The van der Waals surface area contributed by atoms with E-state index in [1.54, 1.807) is 14.2 Å². The molecule has 0 amide bonds. The fraction of sp³-hybridized carbons (Fsp3) is 0.500. The van der Waals surface area contributed by atoms with Crippen LogP contribution in [-0.4, -0.2) is 39.8 Å². The Labute approximate surface area is 109 Å². The quantitative estimate of drug-likeness (QED) is 0.454. The van der Waals surface area contributed by atoms with Crippen molar-refractivity contribution in [1.29, 1.82) is 0 Å². The van der Waals surface area contributed by atoms with Gasteiger partial charge in [0.2, 0.25) is 0 Å². The third kappa shape index (κ3) is 5.68. The van der Waals surface area contributed by atoms with Gasteiger partial charge in [-0.3, -0.25) is 4.99 Å². The van der Waals surface area contributed by atoms with Crippen LogP contribution in [-0.2, 0) is 11.2 Å². The third-order valence-electron chi connectivity index (χ3n) is 2.61. The topological polar surface area (TPSA) is 45.7 Å².